The zero-order chi connectivity index (χ0) is 26.2. The minimum absolute atomic E-state index is 0.0148. The molecule has 0 bridgehead atoms. The number of imidazole rings is 1. The van der Waals surface area contributed by atoms with E-state index in [2.05, 4.69) is 20.3 Å². The molecule has 1 unspecified atom stereocenters. The maximum atomic E-state index is 12.6. The summed E-state index contributed by atoms with van der Waals surface area (Å²) < 4.78 is 36.8. The van der Waals surface area contributed by atoms with Gasteiger partial charge in [0.2, 0.25) is 0 Å². The molecule has 1 aromatic carbocycles. The number of anilines is 1. The normalized spacial score (nSPS) is 25.2. The number of thiocarbonyl (C=S) groups is 1. The maximum Gasteiger partial charge on any atom is 0.259 e. The van der Waals surface area contributed by atoms with Crippen molar-refractivity contribution in [3.05, 3.63) is 48.5 Å². The Kier molecular flexibility index (Phi) is 7.04. The summed E-state index contributed by atoms with van der Waals surface area (Å²) in [5.41, 5.74) is 1.01. The number of hydrogen-bond acceptors (Lipinski definition) is 11. The molecular formula is C22H24N6O7S2. The maximum absolute atomic E-state index is 12.6. The van der Waals surface area contributed by atoms with E-state index < -0.39 is 41.0 Å². The Labute approximate surface area is 217 Å². The van der Waals surface area contributed by atoms with Crippen molar-refractivity contribution < 1.29 is 32.9 Å². The average molecular weight is 549 g/mol. The molecule has 37 heavy (non-hydrogen) atoms. The first-order chi connectivity index (χ1) is 17.8. The summed E-state index contributed by atoms with van der Waals surface area (Å²) in [6, 6.07) is 8.61. The number of carbonyl (C=O) groups is 1. The number of hydrogen-bond donors (Lipinski definition) is 3. The first-order valence-corrected chi connectivity index (χ1v) is 13.6. The molecule has 2 saturated heterocycles. The van der Waals surface area contributed by atoms with Crippen molar-refractivity contribution in [1.29, 1.82) is 0 Å². The van der Waals surface area contributed by atoms with Crippen molar-refractivity contribution in [2.75, 3.05) is 36.5 Å². The highest BCUT2D eigenvalue weighted by Crippen LogP contribution is 2.34. The van der Waals surface area contributed by atoms with Crippen LogP contribution in [-0.4, -0.2) is 104 Å². The zero-order valence-electron chi connectivity index (χ0n) is 19.4. The molecule has 2 aliphatic rings. The summed E-state index contributed by atoms with van der Waals surface area (Å²) in [6.45, 7) is -0.137. The number of carbonyl (C=O) groups excluding carboxylic acids is 1. The second-order valence-corrected chi connectivity index (χ2v) is 11.2. The fourth-order valence-electron chi connectivity index (χ4n) is 4.20. The molecule has 13 nitrogen and oxygen atoms in total. The van der Waals surface area contributed by atoms with Crippen LogP contribution in [0.4, 0.5) is 5.82 Å². The highest BCUT2D eigenvalue weighted by atomic mass is 32.2. The molecule has 0 saturated carbocycles. The molecule has 4 heterocycles. The monoisotopic (exact) mass is 548 g/mol. The van der Waals surface area contributed by atoms with Gasteiger partial charge in [-0.3, -0.25) is 9.36 Å². The number of nitrogens with one attached hydrogen (secondary N) is 1. The Balaban J connectivity index is 1.40. The molecule has 15 heteroatoms. The number of aromatic nitrogens is 4. The van der Waals surface area contributed by atoms with Gasteiger partial charge in [0.05, 0.1) is 24.4 Å². The van der Waals surface area contributed by atoms with Crippen LogP contribution in [0.3, 0.4) is 0 Å². The number of rotatable bonds is 5. The highest BCUT2D eigenvalue weighted by molar-refractivity contribution is 7.91. The number of fused-ring (bicyclic) bond motifs is 1. The Bertz CT molecular complexity index is 1400. The molecule has 4 atom stereocenters. The predicted molar refractivity (Wildman–Crippen MR) is 134 cm³/mol. The van der Waals surface area contributed by atoms with Crippen LogP contribution in [0, 0.1) is 0 Å². The van der Waals surface area contributed by atoms with E-state index in [1.165, 1.54) is 17.2 Å². The van der Waals surface area contributed by atoms with Crippen LogP contribution in [0.2, 0.25) is 0 Å². The molecule has 0 spiro atoms. The van der Waals surface area contributed by atoms with Crippen LogP contribution in [-0.2, 0) is 19.3 Å². The molecule has 3 N–H and O–H groups in total. The number of amides is 1. The van der Waals surface area contributed by atoms with Gasteiger partial charge in [0.25, 0.3) is 11.1 Å². The minimum Gasteiger partial charge on any atom is -0.460 e. The second-order valence-electron chi connectivity index (χ2n) is 8.59. The van der Waals surface area contributed by atoms with Crippen molar-refractivity contribution in [3.8, 4) is 0 Å². The van der Waals surface area contributed by atoms with E-state index in [1.807, 2.05) is 0 Å². The molecule has 0 radical (unpaired) electrons. The Hall–Kier alpha value is -3.24. The summed E-state index contributed by atoms with van der Waals surface area (Å²) in [7, 11) is -3.12. The van der Waals surface area contributed by atoms with E-state index in [0.717, 1.165) is 0 Å². The van der Waals surface area contributed by atoms with Gasteiger partial charge >= 0.3 is 0 Å². The molecule has 196 valence electrons. The second kappa shape index (κ2) is 10.3. The third-order valence-electron chi connectivity index (χ3n) is 6.23. The SMILES string of the molecule is O=C(Nc1ncnc2c1ncn2[C@@H]1O[C@H](CO)[C@H](O)C1OC(=S)N1CCS(=O)(=O)CC1)c1ccccc1. The Morgan fingerprint density at radius 3 is 2.62 bits per heavy atom. The first kappa shape index (κ1) is 25.4. The lowest BCUT2D eigenvalue weighted by Crippen LogP contribution is -2.47. The van der Waals surface area contributed by atoms with Crippen LogP contribution in [0.1, 0.15) is 16.6 Å². The topological polar surface area (TPSA) is 169 Å². The average Bonchev–Trinajstić information content (AvgIpc) is 3.46. The number of ether oxygens (including phenoxy) is 2. The van der Waals surface area contributed by atoms with Gasteiger partial charge in [0.15, 0.2) is 39.2 Å². The molecular weight excluding hydrogens is 524 g/mol. The van der Waals surface area contributed by atoms with Crippen molar-refractivity contribution >= 4 is 50.1 Å². The van der Waals surface area contributed by atoms with Gasteiger partial charge in [-0.05, 0) is 24.4 Å². The van der Waals surface area contributed by atoms with Gasteiger partial charge < -0.3 is 29.9 Å². The largest absolute Gasteiger partial charge is 0.460 e. The van der Waals surface area contributed by atoms with E-state index in [1.54, 1.807) is 35.2 Å². The third kappa shape index (κ3) is 5.13. The fraction of sp³-hybridized carbons (Fsp3) is 0.409. The van der Waals surface area contributed by atoms with Crippen LogP contribution in [0.25, 0.3) is 11.2 Å². The standard InChI is InChI=1S/C22H24N6O7S2/c29-10-14-16(30)17(35-22(36)27-6-8-37(32,33)9-7-27)21(34-14)28-12-25-15-18(23-11-24-19(15)28)26-20(31)13-4-2-1-3-5-13/h1-5,11-12,14,16-17,21,29-30H,6-10H2,(H,23,24,26,31)/t14-,16+,17?,21-/m1/s1. The van der Waals surface area contributed by atoms with Gasteiger partial charge in [-0.2, -0.15) is 0 Å². The molecule has 0 aliphatic carbocycles. The van der Waals surface area contributed by atoms with E-state index in [-0.39, 0.29) is 52.7 Å². The smallest absolute Gasteiger partial charge is 0.259 e. The van der Waals surface area contributed by atoms with Crippen molar-refractivity contribution in [2.45, 2.75) is 24.5 Å². The summed E-state index contributed by atoms with van der Waals surface area (Å²) in [6.07, 6.45) is -1.62. The molecule has 2 aromatic heterocycles. The van der Waals surface area contributed by atoms with Gasteiger partial charge in [-0.25, -0.2) is 23.4 Å². The zero-order valence-corrected chi connectivity index (χ0v) is 21.0. The minimum atomic E-state index is -3.12. The van der Waals surface area contributed by atoms with Crippen molar-refractivity contribution in [2.24, 2.45) is 0 Å². The van der Waals surface area contributed by atoms with Crippen molar-refractivity contribution in [3.63, 3.8) is 0 Å². The van der Waals surface area contributed by atoms with Crippen molar-refractivity contribution in [1.82, 2.24) is 24.4 Å². The number of benzene rings is 1. The summed E-state index contributed by atoms with van der Waals surface area (Å²) in [5.74, 6) is -0.303. The Morgan fingerprint density at radius 2 is 1.92 bits per heavy atom. The van der Waals surface area contributed by atoms with Gasteiger partial charge in [0.1, 0.15) is 18.5 Å². The molecule has 3 aromatic rings. The molecule has 2 fully saturated rings. The van der Waals surface area contributed by atoms with E-state index in [4.69, 9.17) is 21.7 Å². The quantitative estimate of drug-likeness (QED) is 0.357. The fourth-order valence-corrected chi connectivity index (χ4v) is 5.70. The van der Waals surface area contributed by atoms with E-state index >= 15 is 0 Å². The predicted octanol–water partition coefficient (Wildman–Crippen LogP) is -0.270. The van der Waals surface area contributed by atoms with Crippen LogP contribution < -0.4 is 5.32 Å². The Morgan fingerprint density at radius 1 is 1.19 bits per heavy atom. The first-order valence-electron chi connectivity index (χ1n) is 11.4. The summed E-state index contributed by atoms with van der Waals surface area (Å²) in [4.78, 5) is 27.0. The molecule has 2 aliphatic heterocycles. The van der Waals surface area contributed by atoms with Crippen LogP contribution in [0.5, 0.6) is 0 Å². The highest BCUT2D eigenvalue weighted by Gasteiger charge is 2.47. The lowest BCUT2D eigenvalue weighted by molar-refractivity contribution is -0.0505. The number of sulfone groups is 1. The summed E-state index contributed by atoms with van der Waals surface area (Å²) >= 11 is 5.39. The van der Waals surface area contributed by atoms with E-state index in [0.29, 0.717) is 5.56 Å². The third-order valence-corrected chi connectivity index (χ3v) is 8.20. The number of aliphatic hydroxyl groups excluding tert-OH is 2. The molecule has 1 amide bonds. The number of aliphatic hydroxyl groups is 2. The van der Waals surface area contributed by atoms with E-state index in [9.17, 15) is 23.4 Å². The lowest BCUT2D eigenvalue weighted by Gasteiger charge is -2.31. The lowest BCUT2D eigenvalue weighted by atomic mass is 10.1. The summed E-state index contributed by atoms with van der Waals surface area (Å²) in [5, 5.41) is 23.3. The van der Waals surface area contributed by atoms with Crippen LogP contribution in [0.15, 0.2) is 43.0 Å². The van der Waals surface area contributed by atoms with Crippen LogP contribution >= 0.6 is 12.2 Å². The van der Waals surface area contributed by atoms with Gasteiger partial charge in [-0.15, -0.1) is 0 Å². The molecule has 5 rings (SSSR count). The van der Waals surface area contributed by atoms with Gasteiger partial charge in [-0.1, -0.05) is 18.2 Å². The number of nitrogens with zero attached hydrogens (tertiary/aromatic N) is 5. The van der Waals surface area contributed by atoms with Gasteiger partial charge in [0, 0.05) is 18.7 Å².